The van der Waals surface area contributed by atoms with Crippen LogP contribution in [-0.2, 0) is 64.3 Å². The van der Waals surface area contributed by atoms with E-state index in [1.54, 1.807) is 24.3 Å². The molecule has 0 N–H and O–H groups in total. The summed E-state index contributed by atoms with van der Waals surface area (Å²) >= 11 is 1.51. The van der Waals surface area contributed by atoms with Gasteiger partial charge in [-0.2, -0.15) is 0 Å². The van der Waals surface area contributed by atoms with Gasteiger partial charge in [0.15, 0.2) is 12.4 Å². The molecule has 7 rings (SSSR count). The molecule has 0 unspecified atom stereocenters. The summed E-state index contributed by atoms with van der Waals surface area (Å²) in [6, 6.07) is 48.7. The van der Waals surface area contributed by atoms with Gasteiger partial charge in [-0.05, 0) is 54.5 Å². The van der Waals surface area contributed by atoms with Crippen molar-refractivity contribution >= 4 is 17.7 Å². The zero-order valence-corrected chi connectivity index (χ0v) is 33.9. The summed E-state index contributed by atoms with van der Waals surface area (Å²) in [5.74, 6) is -0.539. The zero-order valence-electron chi connectivity index (χ0n) is 33.1. The zero-order chi connectivity index (χ0) is 40.1. The normalized spacial score (nSPS) is 27.2. The van der Waals surface area contributed by atoms with Gasteiger partial charge in [-0.15, -0.1) is 11.8 Å². The lowest BCUT2D eigenvalue weighted by molar-refractivity contribution is -0.342. The van der Waals surface area contributed by atoms with Gasteiger partial charge in [0.2, 0.25) is 0 Å². The number of rotatable bonds is 17. The van der Waals surface area contributed by atoms with E-state index in [4.69, 9.17) is 37.9 Å². The Morgan fingerprint density at radius 2 is 0.845 bits per heavy atom. The van der Waals surface area contributed by atoms with E-state index < -0.39 is 60.4 Å². The number of ether oxygens (including phenoxy) is 8. The predicted octanol–water partition coefficient (Wildman–Crippen LogP) is 8.79. The summed E-state index contributed by atoms with van der Waals surface area (Å²) in [5.41, 5.74) is 3.89. The highest BCUT2D eigenvalue weighted by atomic mass is 32.2. The minimum atomic E-state index is -1.10. The number of hydrogen-bond donors (Lipinski definition) is 0. The minimum absolute atomic E-state index is 0.241. The topological polar surface area (TPSA) is 90.9 Å². The first-order chi connectivity index (χ1) is 28.5. The Hall–Kier alpha value is -4.36. The van der Waals surface area contributed by atoms with Crippen molar-refractivity contribution in [1.29, 1.82) is 0 Å². The van der Waals surface area contributed by atoms with E-state index in [2.05, 4.69) is 0 Å². The van der Waals surface area contributed by atoms with Crippen LogP contribution in [0, 0.1) is 0 Å². The first-order valence-electron chi connectivity index (χ1n) is 19.8. The van der Waals surface area contributed by atoms with Crippen molar-refractivity contribution in [2.24, 2.45) is 0 Å². The number of thioether (sulfide) groups is 1. The maximum absolute atomic E-state index is 14.0. The van der Waals surface area contributed by atoms with E-state index in [9.17, 15) is 4.79 Å². The quantitative estimate of drug-likeness (QED) is 0.0850. The van der Waals surface area contributed by atoms with E-state index >= 15 is 0 Å². The summed E-state index contributed by atoms with van der Waals surface area (Å²) in [6.07, 6.45) is -4.34. The molecule has 304 valence electrons. The van der Waals surface area contributed by atoms with Crippen molar-refractivity contribution in [2.75, 3.05) is 6.26 Å². The number of hydrogen-bond acceptors (Lipinski definition) is 10. The van der Waals surface area contributed by atoms with Gasteiger partial charge in [0.25, 0.3) is 0 Å². The van der Waals surface area contributed by atoms with Gasteiger partial charge in [0, 0.05) is 0 Å². The Morgan fingerprint density at radius 1 is 0.483 bits per heavy atom. The summed E-state index contributed by atoms with van der Waals surface area (Å²) in [4.78, 5) is 14.0. The number of benzene rings is 5. The highest BCUT2D eigenvalue weighted by Crippen LogP contribution is 2.38. The molecular formula is C48H52O9S. The molecule has 2 heterocycles. The highest BCUT2D eigenvalue weighted by Gasteiger charge is 2.53. The Kier molecular flexibility index (Phi) is 15.2. The van der Waals surface area contributed by atoms with Gasteiger partial charge in [0.05, 0.1) is 44.2 Å². The van der Waals surface area contributed by atoms with E-state index in [0.29, 0.717) is 25.4 Å². The van der Waals surface area contributed by atoms with E-state index in [0.717, 1.165) is 22.3 Å². The monoisotopic (exact) mass is 804 g/mol. The van der Waals surface area contributed by atoms with Crippen molar-refractivity contribution < 1.29 is 42.7 Å². The third kappa shape index (κ3) is 11.0. The molecule has 10 heteroatoms. The Morgan fingerprint density at radius 3 is 1.26 bits per heavy atom. The first kappa shape index (κ1) is 41.8. The van der Waals surface area contributed by atoms with E-state index in [-0.39, 0.29) is 12.7 Å². The molecule has 0 radical (unpaired) electrons. The molecule has 2 saturated heterocycles. The third-order valence-electron chi connectivity index (χ3n) is 10.4. The molecule has 0 aliphatic carbocycles. The summed E-state index contributed by atoms with van der Waals surface area (Å²) in [6.45, 7) is 5.14. The van der Waals surface area contributed by atoms with Crippen molar-refractivity contribution in [2.45, 2.75) is 101 Å². The van der Waals surface area contributed by atoms with Crippen LogP contribution in [0.1, 0.15) is 46.5 Å². The lowest BCUT2D eigenvalue weighted by Crippen LogP contribution is -2.64. The smallest absolute Gasteiger partial charge is 0.338 e. The molecule has 2 aliphatic rings. The third-order valence-corrected chi connectivity index (χ3v) is 11.2. The van der Waals surface area contributed by atoms with Crippen LogP contribution in [0.5, 0.6) is 0 Å². The lowest BCUT2D eigenvalue weighted by atomic mass is 9.97. The lowest BCUT2D eigenvalue weighted by Gasteiger charge is -2.49. The molecule has 5 aromatic carbocycles. The standard InChI is InChI=1S/C48H52O9S/c1-33-40(50-29-35-19-9-4-10-20-35)42(52-31-37-23-13-6-14-24-37)44(56-46(49)39-27-17-8-18-28-39)47(54-33)57-45-43(53-32-38-25-15-7-16-26-38)41(34(2)55-48(45)58-3)51-30-36-21-11-5-12-22-36/h4-28,33-34,40-45,47-48H,29-32H2,1-3H3/t33-,34-,40-,41-,42+,43+,44+,45+,47-,48-/m0/s1. The van der Waals surface area contributed by atoms with Crippen LogP contribution in [0.25, 0.3) is 0 Å². The molecular weight excluding hydrogens is 753 g/mol. The van der Waals surface area contributed by atoms with Gasteiger partial charge in [-0.25, -0.2) is 4.79 Å². The van der Waals surface area contributed by atoms with Crippen LogP contribution in [-0.4, -0.2) is 72.8 Å². The van der Waals surface area contributed by atoms with Gasteiger partial charge >= 0.3 is 5.97 Å². The number of carbonyl (C=O) groups is 1. The van der Waals surface area contributed by atoms with Crippen molar-refractivity contribution in [3.8, 4) is 0 Å². The van der Waals surface area contributed by atoms with Crippen LogP contribution in [0.3, 0.4) is 0 Å². The Balaban J connectivity index is 1.23. The Labute approximate surface area is 345 Å². The van der Waals surface area contributed by atoms with E-state index in [1.807, 2.05) is 147 Å². The van der Waals surface area contributed by atoms with Crippen molar-refractivity contribution in [3.63, 3.8) is 0 Å². The molecule has 9 nitrogen and oxygen atoms in total. The molecule has 2 aliphatic heterocycles. The second-order valence-corrected chi connectivity index (χ2v) is 15.5. The summed E-state index contributed by atoms with van der Waals surface area (Å²) in [7, 11) is 0. The highest BCUT2D eigenvalue weighted by molar-refractivity contribution is 7.99. The van der Waals surface area contributed by atoms with E-state index in [1.165, 1.54) is 11.8 Å². The molecule has 0 amide bonds. The van der Waals surface area contributed by atoms with Gasteiger partial charge in [-0.1, -0.05) is 140 Å². The molecule has 0 aromatic heterocycles. The number of esters is 1. The fourth-order valence-corrected chi connectivity index (χ4v) is 8.12. The van der Waals surface area contributed by atoms with Crippen LogP contribution in [0.15, 0.2) is 152 Å². The minimum Gasteiger partial charge on any atom is -0.450 e. The molecule has 0 spiro atoms. The molecule has 58 heavy (non-hydrogen) atoms. The molecule has 0 bridgehead atoms. The van der Waals surface area contributed by atoms with Crippen LogP contribution < -0.4 is 0 Å². The summed E-state index contributed by atoms with van der Waals surface area (Å²) in [5, 5.41) is 0. The first-order valence-corrected chi connectivity index (χ1v) is 21.1. The molecule has 0 saturated carbocycles. The Bertz CT molecular complexity index is 1940. The largest absolute Gasteiger partial charge is 0.450 e. The maximum atomic E-state index is 14.0. The number of carbonyl (C=O) groups excluding carboxylic acids is 1. The maximum Gasteiger partial charge on any atom is 0.338 e. The summed E-state index contributed by atoms with van der Waals surface area (Å²) < 4.78 is 53.8. The second kappa shape index (κ2) is 21.1. The second-order valence-electron chi connectivity index (χ2n) is 14.5. The SMILES string of the molecule is CS[C@@H]1O[C@@H](C)[C@H](OCc2ccccc2)[C@@H](OCc2ccccc2)[C@H]1O[C@@H]1O[C@@H](C)[C@H](OCc2ccccc2)[C@@H](OCc2ccccc2)[C@H]1OC(=O)c1ccccc1. The van der Waals surface area contributed by atoms with Gasteiger partial charge in [0.1, 0.15) is 36.0 Å². The van der Waals surface area contributed by atoms with Crippen LogP contribution >= 0.6 is 11.8 Å². The average molecular weight is 805 g/mol. The van der Waals surface area contributed by atoms with Gasteiger partial charge < -0.3 is 37.9 Å². The van der Waals surface area contributed by atoms with Crippen LogP contribution in [0.2, 0.25) is 0 Å². The predicted molar refractivity (Wildman–Crippen MR) is 223 cm³/mol. The average Bonchev–Trinajstić information content (AvgIpc) is 3.27. The molecule has 2 fully saturated rings. The molecule has 5 aromatic rings. The fourth-order valence-electron chi connectivity index (χ4n) is 7.34. The van der Waals surface area contributed by atoms with Crippen molar-refractivity contribution in [1.82, 2.24) is 0 Å². The van der Waals surface area contributed by atoms with Crippen molar-refractivity contribution in [3.05, 3.63) is 179 Å². The fraction of sp³-hybridized carbons (Fsp3) is 0.354. The van der Waals surface area contributed by atoms with Crippen LogP contribution in [0.4, 0.5) is 0 Å². The van der Waals surface area contributed by atoms with Gasteiger partial charge in [-0.3, -0.25) is 0 Å². The molecule has 10 atom stereocenters.